The Bertz CT molecular complexity index is 718. The number of nitrogen functional groups attached to an aromatic ring is 1. The van der Waals surface area contributed by atoms with Crippen LogP contribution in [0, 0.1) is 0 Å². The molecule has 0 aliphatic carbocycles. The van der Waals surface area contributed by atoms with Gasteiger partial charge in [-0.2, -0.15) is 0 Å². The highest BCUT2D eigenvalue weighted by Crippen LogP contribution is 2.29. The van der Waals surface area contributed by atoms with Crippen molar-refractivity contribution in [1.82, 2.24) is 10.3 Å². The van der Waals surface area contributed by atoms with Crippen molar-refractivity contribution in [2.75, 3.05) is 12.4 Å². The average Bonchev–Trinajstić information content (AvgIpc) is 2.48. The van der Waals surface area contributed by atoms with Gasteiger partial charge in [0.05, 0.1) is 16.9 Å². The molecule has 2 rings (SSSR count). The number of carbonyl (C=O) groups is 1. The zero-order valence-electron chi connectivity index (χ0n) is 11.3. The minimum Gasteiger partial charge on any atom is -0.506 e. The van der Waals surface area contributed by atoms with Gasteiger partial charge in [-0.3, -0.25) is 9.79 Å². The number of aliphatic imine (C=N–C) groups is 1. The molecule has 1 aromatic heterocycles. The van der Waals surface area contributed by atoms with E-state index in [1.165, 1.54) is 30.6 Å². The Hall–Kier alpha value is -2.31. The Kier molecular flexibility index (Phi) is 5.19. The zero-order valence-corrected chi connectivity index (χ0v) is 12.8. The lowest BCUT2D eigenvalue weighted by molar-refractivity contribution is 0.0950. The largest absolute Gasteiger partial charge is 0.506 e. The van der Waals surface area contributed by atoms with E-state index in [-0.39, 0.29) is 29.0 Å². The molecule has 0 radical (unpaired) electrons. The molecule has 1 heterocycles. The molecule has 8 heteroatoms. The third-order valence-corrected chi connectivity index (χ3v) is 3.14. The highest BCUT2D eigenvalue weighted by molar-refractivity contribution is 6.36. The second-order valence-electron chi connectivity index (χ2n) is 4.28. The number of hydrogen-bond donors (Lipinski definition) is 3. The first-order valence-corrected chi connectivity index (χ1v) is 6.90. The molecule has 6 nitrogen and oxygen atoms in total. The van der Waals surface area contributed by atoms with Crippen molar-refractivity contribution in [3.63, 3.8) is 0 Å². The van der Waals surface area contributed by atoms with E-state index in [1.807, 2.05) is 0 Å². The number of phenols is 1. The maximum Gasteiger partial charge on any atom is 0.271 e. The van der Waals surface area contributed by atoms with Gasteiger partial charge in [-0.25, -0.2) is 4.98 Å². The van der Waals surface area contributed by atoms with Gasteiger partial charge in [0, 0.05) is 16.8 Å². The Morgan fingerprint density at radius 2 is 2.18 bits per heavy atom. The van der Waals surface area contributed by atoms with E-state index in [9.17, 15) is 9.90 Å². The van der Waals surface area contributed by atoms with Crippen molar-refractivity contribution in [2.45, 2.75) is 0 Å². The highest BCUT2D eigenvalue weighted by atomic mass is 35.5. The number of aromatic hydroxyl groups is 1. The summed E-state index contributed by atoms with van der Waals surface area (Å²) >= 11 is 11.6. The van der Waals surface area contributed by atoms with Crippen LogP contribution in [0.4, 0.5) is 5.69 Å². The van der Waals surface area contributed by atoms with E-state index < -0.39 is 0 Å². The van der Waals surface area contributed by atoms with E-state index in [0.29, 0.717) is 16.3 Å². The molecule has 0 saturated carbocycles. The lowest BCUT2D eigenvalue weighted by Gasteiger charge is -2.03. The molecule has 1 amide bonds. The predicted octanol–water partition coefficient (Wildman–Crippen LogP) is 2.48. The molecule has 0 unspecified atom stereocenters. The second-order valence-corrected chi connectivity index (χ2v) is 5.12. The molecule has 1 aromatic carbocycles. The summed E-state index contributed by atoms with van der Waals surface area (Å²) in [5.74, 6) is -0.508. The lowest BCUT2D eigenvalue weighted by atomic mass is 10.2. The van der Waals surface area contributed by atoms with Crippen LogP contribution in [0.25, 0.3) is 0 Å². The van der Waals surface area contributed by atoms with Gasteiger partial charge < -0.3 is 16.2 Å². The fourth-order valence-electron chi connectivity index (χ4n) is 1.58. The van der Waals surface area contributed by atoms with Crippen LogP contribution >= 0.6 is 23.2 Å². The molecule has 0 aliphatic rings. The Morgan fingerprint density at radius 1 is 1.41 bits per heavy atom. The molecule has 0 spiro atoms. The summed E-state index contributed by atoms with van der Waals surface area (Å²) in [6.45, 7) is 0.00839. The standard InChI is InChI=1S/C14H12Cl2N4O2/c15-9-3-8(13(21)11(16)4-9)5-18-7-20-14(22)12-2-1-10(17)6-19-12/h1-6,21H,7,17H2,(H,20,22)/b18-5+. The number of benzene rings is 1. The molecular weight excluding hydrogens is 327 g/mol. The van der Waals surface area contributed by atoms with Crippen LogP contribution in [0.3, 0.4) is 0 Å². The van der Waals surface area contributed by atoms with Crippen LogP contribution in [-0.4, -0.2) is 28.9 Å². The Labute approximate surface area is 136 Å². The Morgan fingerprint density at radius 3 is 2.86 bits per heavy atom. The van der Waals surface area contributed by atoms with Gasteiger partial charge in [0.1, 0.15) is 18.1 Å². The van der Waals surface area contributed by atoms with Crippen molar-refractivity contribution < 1.29 is 9.90 Å². The number of nitrogens with two attached hydrogens (primary N) is 1. The van der Waals surface area contributed by atoms with Crippen LogP contribution < -0.4 is 11.1 Å². The monoisotopic (exact) mass is 338 g/mol. The van der Waals surface area contributed by atoms with Gasteiger partial charge in [-0.15, -0.1) is 0 Å². The maximum atomic E-state index is 11.8. The molecule has 0 saturated heterocycles. The van der Waals surface area contributed by atoms with Crippen LogP contribution in [0.15, 0.2) is 35.5 Å². The van der Waals surface area contributed by atoms with Crippen molar-refractivity contribution in [2.24, 2.45) is 4.99 Å². The summed E-state index contributed by atoms with van der Waals surface area (Å²) in [6, 6.07) is 6.02. The number of anilines is 1. The number of aromatic nitrogens is 1. The summed E-state index contributed by atoms with van der Waals surface area (Å²) in [6.07, 6.45) is 2.76. The summed E-state index contributed by atoms with van der Waals surface area (Å²) in [7, 11) is 0. The fraction of sp³-hybridized carbons (Fsp3) is 0.0714. The smallest absolute Gasteiger partial charge is 0.271 e. The van der Waals surface area contributed by atoms with E-state index >= 15 is 0 Å². The number of amides is 1. The van der Waals surface area contributed by atoms with Crippen LogP contribution in [0.5, 0.6) is 5.75 Å². The van der Waals surface area contributed by atoms with Gasteiger partial charge >= 0.3 is 0 Å². The average molecular weight is 339 g/mol. The summed E-state index contributed by atoms with van der Waals surface area (Å²) in [5.41, 5.74) is 6.56. The normalized spacial score (nSPS) is 10.8. The van der Waals surface area contributed by atoms with E-state index in [4.69, 9.17) is 28.9 Å². The molecular formula is C14H12Cl2N4O2. The maximum absolute atomic E-state index is 11.8. The molecule has 22 heavy (non-hydrogen) atoms. The van der Waals surface area contributed by atoms with Crippen molar-refractivity contribution in [3.8, 4) is 5.75 Å². The van der Waals surface area contributed by atoms with Gasteiger partial charge in [-0.1, -0.05) is 23.2 Å². The van der Waals surface area contributed by atoms with E-state index in [1.54, 1.807) is 6.07 Å². The van der Waals surface area contributed by atoms with Gasteiger partial charge in [0.25, 0.3) is 5.91 Å². The number of hydrogen-bond acceptors (Lipinski definition) is 5. The van der Waals surface area contributed by atoms with E-state index in [2.05, 4.69) is 15.3 Å². The quantitative estimate of drug-likeness (QED) is 0.745. The molecule has 0 fully saturated rings. The number of rotatable bonds is 4. The minimum atomic E-state index is -0.384. The number of halogens is 2. The molecule has 0 aliphatic heterocycles. The van der Waals surface area contributed by atoms with Crippen LogP contribution in [0.2, 0.25) is 10.0 Å². The molecule has 2 aromatic rings. The molecule has 4 N–H and O–H groups in total. The first-order valence-electron chi connectivity index (χ1n) is 6.15. The first-order chi connectivity index (χ1) is 10.5. The molecule has 0 atom stereocenters. The number of phenolic OH excluding ortho intramolecular Hbond substituents is 1. The summed E-state index contributed by atoms with van der Waals surface area (Å²) in [4.78, 5) is 19.6. The number of pyridine rings is 1. The highest BCUT2D eigenvalue weighted by Gasteiger charge is 2.07. The Balaban J connectivity index is 1.96. The molecule has 114 valence electrons. The SMILES string of the molecule is Nc1ccc(C(=O)NC/N=C/c2cc(Cl)cc(Cl)c2O)nc1. The lowest BCUT2D eigenvalue weighted by Crippen LogP contribution is -2.24. The van der Waals surface area contributed by atoms with Gasteiger partial charge in [0.2, 0.25) is 0 Å². The van der Waals surface area contributed by atoms with Crippen molar-refractivity contribution in [3.05, 3.63) is 51.8 Å². The fourth-order valence-corrected chi connectivity index (χ4v) is 2.09. The zero-order chi connectivity index (χ0) is 16.1. The number of carbonyl (C=O) groups excluding carboxylic acids is 1. The number of nitrogens with zero attached hydrogens (tertiary/aromatic N) is 2. The van der Waals surface area contributed by atoms with E-state index in [0.717, 1.165) is 0 Å². The second kappa shape index (κ2) is 7.11. The first kappa shape index (κ1) is 16.1. The van der Waals surface area contributed by atoms with Crippen LogP contribution in [-0.2, 0) is 0 Å². The van der Waals surface area contributed by atoms with Crippen molar-refractivity contribution in [1.29, 1.82) is 0 Å². The minimum absolute atomic E-state index is 0.00839. The van der Waals surface area contributed by atoms with Gasteiger partial charge in [0.15, 0.2) is 0 Å². The number of nitrogens with one attached hydrogen (secondary N) is 1. The third kappa shape index (κ3) is 4.09. The van der Waals surface area contributed by atoms with Crippen molar-refractivity contribution >= 4 is 41.0 Å². The topological polar surface area (TPSA) is 101 Å². The predicted molar refractivity (Wildman–Crippen MR) is 86.7 cm³/mol. The summed E-state index contributed by atoms with van der Waals surface area (Å²) < 4.78 is 0. The van der Waals surface area contributed by atoms with Crippen LogP contribution in [0.1, 0.15) is 16.1 Å². The molecule has 0 bridgehead atoms. The van der Waals surface area contributed by atoms with Gasteiger partial charge in [-0.05, 0) is 24.3 Å². The summed E-state index contributed by atoms with van der Waals surface area (Å²) in [5, 5.41) is 12.8. The third-order valence-electron chi connectivity index (χ3n) is 2.64.